The summed E-state index contributed by atoms with van der Waals surface area (Å²) in [6.07, 6.45) is 0. The molecular formula is C8H8ClINO-. The standard InChI is InChI=1S/C8H8ClNO.HI/c9-6-8(11)10-7-4-2-1-3-5-7;/h1-5H,6H2,(H,10,11);1H/p-1. The SMILES string of the molecule is O=C(CCl)Nc1ccccc1.[I-]. The number of carbonyl (C=O) groups is 1. The van der Waals surface area contributed by atoms with Crippen LogP contribution in [0.4, 0.5) is 5.69 Å². The maximum absolute atomic E-state index is 10.7. The molecule has 0 fully saturated rings. The predicted molar refractivity (Wildman–Crippen MR) is 45.8 cm³/mol. The average Bonchev–Trinajstić information content (AvgIpc) is 2.06. The van der Waals surface area contributed by atoms with Gasteiger partial charge in [-0.15, -0.1) is 11.6 Å². The van der Waals surface area contributed by atoms with Gasteiger partial charge in [0.25, 0.3) is 0 Å². The smallest absolute Gasteiger partial charge is 0.239 e. The molecule has 12 heavy (non-hydrogen) atoms. The predicted octanol–water partition coefficient (Wildman–Crippen LogP) is -1.13. The van der Waals surface area contributed by atoms with Gasteiger partial charge in [-0.2, -0.15) is 0 Å². The number of hydrogen-bond acceptors (Lipinski definition) is 1. The molecule has 0 spiro atoms. The Hall–Kier alpha value is -0.290. The fraction of sp³-hybridized carbons (Fsp3) is 0.125. The molecule has 0 saturated carbocycles. The van der Waals surface area contributed by atoms with Crippen LogP contribution in [0, 0.1) is 0 Å². The average molecular weight is 297 g/mol. The van der Waals surface area contributed by atoms with E-state index in [1.54, 1.807) is 0 Å². The Labute approximate surface area is 93.3 Å². The van der Waals surface area contributed by atoms with E-state index in [4.69, 9.17) is 11.6 Å². The minimum absolute atomic E-state index is 0. The molecule has 4 heteroatoms. The molecule has 0 bridgehead atoms. The number of alkyl halides is 1. The van der Waals surface area contributed by atoms with Crippen LogP contribution < -0.4 is 29.3 Å². The zero-order valence-electron chi connectivity index (χ0n) is 6.26. The first-order valence-corrected chi connectivity index (χ1v) is 3.77. The summed E-state index contributed by atoms with van der Waals surface area (Å²) in [5.41, 5.74) is 0.776. The van der Waals surface area contributed by atoms with E-state index in [9.17, 15) is 4.79 Å². The Kier molecular flexibility index (Phi) is 6.10. The van der Waals surface area contributed by atoms with Gasteiger partial charge in [-0.1, -0.05) is 18.2 Å². The zero-order chi connectivity index (χ0) is 8.10. The summed E-state index contributed by atoms with van der Waals surface area (Å²) in [4.78, 5) is 10.7. The molecule has 0 aromatic heterocycles. The van der Waals surface area contributed by atoms with Crippen molar-refractivity contribution in [3.63, 3.8) is 0 Å². The number of halogens is 2. The lowest BCUT2D eigenvalue weighted by atomic mass is 10.3. The number of hydrogen-bond donors (Lipinski definition) is 1. The first kappa shape index (κ1) is 11.7. The Bertz CT molecular complexity index is 240. The summed E-state index contributed by atoms with van der Waals surface area (Å²) in [5.74, 6) is -0.188. The van der Waals surface area contributed by atoms with E-state index >= 15 is 0 Å². The summed E-state index contributed by atoms with van der Waals surface area (Å²) in [7, 11) is 0. The highest BCUT2D eigenvalue weighted by molar-refractivity contribution is 6.29. The third-order valence-corrected chi connectivity index (χ3v) is 1.42. The van der Waals surface area contributed by atoms with Crippen LogP contribution in [0.5, 0.6) is 0 Å². The highest BCUT2D eigenvalue weighted by Gasteiger charge is 1.96. The maximum atomic E-state index is 10.7. The van der Waals surface area contributed by atoms with Crippen molar-refractivity contribution in [3.05, 3.63) is 30.3 Å². The van der Waals surface area contributed by atoms with Gasteiger partial charge in [-0.3, -0.25) is 4.79 Å². The molecule has 1 amide bonds. The fourth-order valence-electron chi connectivity index (χ4n) is 0.716. The summed E-state index contributed by atoms with van der Waals surface area (Å²) in [6, 6.07) is 9.21. The molecule has 0 radical (unpaired) electrons. The van der Waals surface area contributed by atoms with Crippen molar-refractivity contribution in [2.75, 3.05) is 11.2 Å². The van der Waals surface area contributed by atoms with E-state index in [2.05, 4.69) is 5.32 Å². The van der Waals surface area contributed by atoms with Crippen molar-refractivity contribution in [1.82, 2.24) is 0 Å². The molecular weight excluding hydrogens is 288 g/mol. The molecule has 0 atom stereocenters. The molecule has 0 aliphatic heterocycles. The monoisotopic (exact) mass is 296 g/mol. The van der Waals surface area contributed by atoms with Crippen molar-refractivity contribution < 1.29 is 28.8 Å². The molecule has 1 aromatic rings. The van der Waals surface area contributed by atoms with Gasteiger partial charge in [-0.25, -0.2) is 0 Å². The number of rotatable bonds is 2. The highest BCUT2D eigenvalue weighted by Crippen LogP contribution is 2.04. The van der Waals surface area contributed by atoms with Gasteiger partial charge in [0.1, 0.15) is 5.88 Å². The van der Waals surface area contributed by atoms with E-state index in [1.807, 2.05) is 30.3 Å². The summed E-state index contributed by atoms with van der Waals surface area (Å²) in [6.45, 7) is 0. The first-order chi connectivity index (χ1) is 5.33. The van der Waals surface area contributed by atoms with Crippen LogP contribution in [0.2, 0.25) is 0 Å². The fourth-order valence-corrected chi connectivity index (χ4v) is 0.783. The Morgan fingerprint density at radius 2 is 1.92 bits per heavy atom. The molecule has 1 aromatic carbocycles. The number of amides is 1. The number of para-hydroxylation sites is 1. The number of anilines is 1. The number of benzene rings is 1. The van der Waals surface area contributed by atoms with Gasteiger partial charge in [0.15, 0.2) is 0 Å². The molecule has 0 unspecified atom stereocenters. The van der Waals surface area contributed by atoms with Crippen LogP contribution in [-0.2, 0) is 4.79 Å². The summed E-state index contributed by atoms with van der Waals surface area (Å²) >= 11 is 5.29. The van der Waals surface area contributed by atoms with Crippen molar-refractivity contribution in [1.29, 1.82) is 0 Å². The Balaban J connectivity index is 0.00000121. The quantitative estimate of drug-likeness (QED) is 0.543. The molecule has 0 saturated heterocycles. The van der Waals surface area contributed by atoms with Gasteiger partial charge in [0, 0.05) is 5.69 Å². The summed E-state index contributed by atoms with van der Waals surface area (Å²) in [5, 5.41) is 2.62. The van der Waals surface area contributed by atoms with Gasteiger partial charge in [-0.05, 0) is 12.1 Å². The van der Waals surface area contributed by atoms with E-state index < -0.39 is 0 Å². The lowest BCUT2D eigenvalue weighted by Crippen LogP contribution is -3.00. The van der Waals surface area contributed by atoms with E-state index in [1.165, 1.54) is 0 Å². The van der Waals surface area contributed by atoms with Crippen LogP contribution in [0.1, 0.15) is 0 Å². The first-order valence-electron chi connectivity index (χ1n) is 3.24. The van der Waals surface area contributed by atoms with Crippen LogP contribution >= 0.6 is 11.6 Å². The molecule has 66 valence electrons. The van der Waals surface area contributed by atoms with Crippen molar-refractivity contribution in [3.8, 4) is 0 Å². The second-order valence-electron chi connectivity index (χ2n) is 2.05. The largest absolute Gasteiger partial charge is 1.00 e. The van der Waals surface area contributed by atoms with Crippen molar-refractivity contribution >= 4 is 23.2 Å². The molecule has 1 rings (SSSR count). The Morgan fingerprint density at radius 3 is 2.42 bits per heavy atom. The normalized spacial score (nSPS) is 8.42. The highest BCUT2D eigenvalue weighted by atomic mass is 127. The van der Waals surface area contributed by atoms with E-state index in [-0.39, 0.29) is 35.8 Å². The molecule has 2 nitrogen and oxygen atoms in total. The molecule has 0 aliphatic carbocycles. The molecule has 1 N–H and O–H groups in total. The zero-order valence-corrected chi connectivity index (χ0v) is 9.17. The minimum Gasteiger partial charge on any atom is -1.00 e. The Morgan fingerprint density at radius 1 is 1.33 bits per heavy atom. The summed E-state index contributed by atoms with van der Waals surface area (Å²) < 4.78 is 0. The van der Waals surface area contributed by atoms with Gasteiger partial charge >= 0.3 is 0 Å². The number of carbonyl (C=O) groups excluding carboxylic acids is 1. The van der Waals surface area contributed by atoms with Gasteiger partial charge in [0.05, 0.1) is 0 Å². The second kappa shape index (κ2) is 6.25. The van der Waals surface area contributed by atoms with Crippen LogP contribution in [0.3, 0.4) is 0 Å². The topological polar surface area (TPSA) is 29.1 Å². The van der Waals surface area contributed by atoms with Gasteiger partial charge in [0.2, 0.25) is 5.91 Å². The van der Waals surface area contributed by atoms with Gasteiger partial charge < -0.3 is 29.3 Å². The van der Waals surface area contributed by atoms with E-state index in [0.29, 0.717) is 0 Å². The molecule has 0 heterocycles. The van der Waals surface area contributed by atoms with Crippen molar-refractivity contribution in [2.45, 2.75) is 0 Å². The van der Waals surface area contributed by atoms with Crippen molar-refractivity contribution in [2.24, 2.45) is 0 Å². The second-order valence-corrected chi connectivity index (χ2v) is 2.32. The lowest BCUT2D eigenvalue weighted by molar-refractivity contribution is -0.113. The van der Waals surface area contributed by atoms with Crippen LogP contribution in [0.25, 0.3) is 0 Å². The minimum atomic E-state index is -0.183. The number of nitrogens with one attached hydrogen (secondary N) is 1. The van der Waals surface area contributed by atoms with E-state index in [0.717, 1.165) is 5.69 Å². The van der Waals surface area contributed by atoms with Crippen LogP contribution in [0.15, 0.2) is 30.3 Å². The lowest BCUT2D eigenvalue weighted by Gasteiger charge is -2.00. The van der Waals surface area contributed by atoms with Crippen LogP contribution in [-0.4, -0.2) is 11.8 Å². The maximum Gasteiger partial charge on any atom is 0.239 e. The third-order valence-electron chi connectivity index (χ3n) is 1.18. The third kappa shape index (κ3) is 3.92. The molecule has 0 aliphatic rings.